The minimum Gasteiger partial charge on any atom is -0.496 e. The normalized spacial score (nSPS) is 12.7. The Morgan fingerprint density at radius 3 is 2.20 bits per heavy atom. The van der Waals surface area contributed by atoms with Crippen molar-refractivity contribution in [2.75, 3.05) is 18.0 Å². The van der Waals surface area contributed by atoms with Crippen LogP contribution in [-0.2, 0) is 26.2 Å². The van der Waals surface area contributed by atoms with Crippen molar-refractivity contribution in [1.82, 2.24) is 10.2 Å². The van der Waals surface area contributed by atoms with E-state index in [1.54, 1.807) is 30.3 Å². The van der Waals surface area contributed by atoms with Crippen molar-refractivity contribution in [2.24, 2.45) is 0 Å². The molecule has 0 spiro atoms. The van der Waals surface area contributed by atoms with Gasteiger partial charge in [-0.05, 0) is 78.5 Å². The number of anilines is 1. The fourth-order valence-corrected chi connectivity index (χ4v) is 6.45. The fourth-order valence-electron chi connectivity index (χ4n) is 4.32. The molecule has 0 aliphatic rings. The highest BCUT2D eigenvalue weighted by Crippen LogP contribution is 2.31. The summed E-state index contributed by atoms with van der Waals surface area (Å²) in [5, 5.41) is 2.98. The molecule has 41 heavy (non-hydrogen) atoms. The van der Waals surface area contributed by atoms with E-state index in [4.69, 9.17) is 4.74 Å². The molecule has 3 aromatic rings. The van der Waals surface area contributed by atoms with Crippen molar-refractivity contribution >= 4 is 43.5 Å². The van der Waals surface area contributed by atoms with E-state index in [2.05, 4.69) is 21.2 Å². The summed E-state index contributed by atoms with van der Waals surface area (Å²) in [4.78, 5) is 28.9. The smallest absolute Gasteiger partial charge is 0.264 e. The third-order valence-electron chi connectivity index (χ3n) is 6.89. The third-order valence-corrected chi connectivity index (χ3v) is 9.28. The topological polar surface area (TPSA) is 96.0 Å². The maximum Gasteiger partial charge on any atom is 0.264 e. The Balaban J connectivity index is 2.06. The van der Waals surface area contributed by atoms with Crippen LogP contribution in [0.5, 0.6) is 5.75 Å². The number of methoxy groups -OCH3 is 1. The molecule has 2 amide bonds. The van der Waals surface area contributed by atoms with E-state index in [0.717, 1.165) is 21.9 Å². The van der Waals surface area contributed by atoms with E-state index in [-0.39, 0.29) is 23.4 Å². The van der Waals surface area contributed by atoms with Crippen LogP contribution in [0.2, 0.25) is 0 Å². The quantitative estimate of drug-likeness (QED) is 0.258. The van der Waals surface area contributed by atoms with Crippen molar-refractivity contribution < 1.29 is 22.7 Å². The maximum absolute atomic E-state index is 14.1. The zero-order valence-electron chi connectivity index (χ0n) is 24.1. The second kappa shape index (κ2) is 14.5. The molecule has 0 radical (unpaired) electrons. The number of aryl methyl sites for hydroxylation is 1. The first-order valence-corrected chi connectivity index (χ1v) is 15.8. The van der Waals surface area contributed by atoms with E-state index in [1.807, 2.05) is 58.0 Å². The lowest BCUT2D eigenvalue weighted by Gasteiger charge is -2.33. The first-order valence-electron chi connectivity index (χ1n) is 13.6. The molecule has 1 N–H and O–H groups in total. The van der Waals surface area contributed by atoms with Crippen LogP contribution in [0.4, 0.5) is 5.69 Å². The number of halogens is 1. The van der Waals surface area contributed by atoms with Gasteiger partial charge in [0.25, 0.3) is 10.0 Å². The number of rotatable bonds is 13. The van der Waals surface area contributed by atoms with E-state index in [1.165, 1.54) is 24.1 Å². The summed E-state index contributed by atoms with van der Waals surface area (Å²) < 4.78 is 34.9. The number of hydrogen-bond donors (Lipinski definition) is 1. The lowest BCUT2D eigenvalue weighted by molar-refractivity contribution is -0.140. The largest absolute Gasteiger partial charge is 0.496 e. The molecule has 3 aromatic carbocycles. The minimum atomic E-state index is -4.19. The molecule has 0 saturated heterocycles. The molecule has 10 heteroatoms. The summed E-state index contributed by atoms with van der Waals surface area (Å²) in [6.45, 7) is 7.29. The standard InChI is InChI=1S/C31H38BrN3O5S/c1-6-23(4)33-31(37)28(7-2)34(20-24-11-9-8-10-12-24)30(36)21-35(25-15-13-22(3)14-16-25)41(38,39)26-17-18-29(40-5)27(32)19-26/h8-19,23,28H,6-7,20-21H2,1-5H3,(H,33,37)/t23-,28+/m1/s1. The Morgan fingerprint density at radius 2 is 1.63 bits per heavy atom. The highest BCUT2D eigenvalue weighted by molar-refractivity contribution is 9.10. The first kappa shape index (κ1) is 32.1. The van der Waals surface area contributed by atoms with E-state index >= 15 is 0 Å². The summed E-state index contributed by atoms with van der Waals surface area (Å²) in [6.07, 6.45) is 1.11. The molecule has 220 valence electrons. The van der Waals surface area contributed by atoms with Gasteiger partial charge >= 0.3 is 0 Å². The van der Waals surface area contributed by atoms with E-state index in [9.17, 15) is 18.0 Å². The summed E-state index contributed by atoms with van der Waals surface area (Å²) in [5.74, 6) is -0.277. The number of hydrogen-bond acceptors (Lipinski definition) is 5. The van der Waals surface area contributed by atoms with E-state index < -0.39 is 28.5 Å². The highest BCUT2D eigenvalue weighted by atomic mass is 79.9. The van der Waals surface area contributed by atoms with Gasteiger partial charge in [-0.2, -0.15) is 0 Å². The molecule has 0 saturated carbocycles. The van der Waals surface area contributed by atoms with Crippen molar-refractivity contribution in [3.05, 3.63) is 88.4 Å². The second-order valence-electron chi connectivity index (χ2n) is 9.89. The van der Waals surface area contributed by atoms with Gasteiger partial charge in [0.2, 0.25) is 11.8 Å². The van der Waals surface area contributed by atoms with Gasteiger partial charge in [-0.25, -0.2) is 8.42 Å². The van der Waals surface area contributed by atoms with Gasteiger partial charge in [0.05, 0.1) is 22.2 Å². The predicted molar refractivity (Wildman–Crippen MR) is 165 cm³/mol. The number of benzene rings is 3. The van der Waals surface area contributed by atoms with Gasteiger partial charge in [0.15, 0.2) is 0 Å². The molecule has 0 aromatic heterocycles. The maximum atomic E-state index is 14.1. The van der Waals surface area contributed by atoms with Crippen LogP contribution in [0, 0.1) is 6.92 Å². The molecule has 0 heterocycles. The van der Waals surface area contributed by atoms with Gasteiger partial charge < -0.3 is 15.0 Å². The van der Waals surface area contributed by atoms with Crippen LogP contribution >= 0.6 is 15.9 Å². The lowest BCUT2D eigenvalue weighted by atomic mass is 10.1. The average molecular weight is 645 g/mol. The van der Waals surface area contributed by atoms with Crippen LogP contribution in [0.1, 0.15) is 44.7 Å². The van der Waals surface area contributed by atoms with Gasteiger partial charge in [0, 0.05) is 12.6 Å². The molecule has 0 aliphatic heterocycles. The molecule has 0 aliphatic carbocycles. The Hall–Kier alpha value is -3.37. The number of nitrogens with zero attached hydrogens (tertiary/aromatic N) is 2. The highest BCUT2D eigenvalue weighted by Gasteiger charge is 2.34. The SMILES string of the molecule is CC[C@@H](C)NC(=O)[C@H](CC)N(Cc1ccccc1)C(=O)CN(c1ccc(C)cc1)S(=O)(=O)c1ccc(OC)c(Br)c1. The number of ether oxygens (including phenoxy) is 1. The number of carbonyl (C=O) groups is 2. The Bertz CT molecular complexity index is 1430. The van der Waals surface area contributed by atoms with Gasteiger partial charge in [-0.15, -0.1) is 0 Å². The lowest BCUT2D eigenvalue weighted by Crippen LogP contribution is -2.53. The molecule has 0 fully saturated rings. The number of amides is 2. The predicted octanol–water partition coefficient (Wildman–Crippen LogP) is 5.68. The fraction of sp³-hybridized carbons (Fsp3) is 0.355. The van der Waals surface area contributed by atoms with Crippen LogP contribution < -0.4 is 14.4 Å². The Labute approximate surface area is 251 Å². The van der Waals surface area contributed by atoms with Gasteiger partial charge in [-0.1, -0.05) is 61.9 Å². The van der Waals surface area contributed by atoms with Crippen LogP contribution in [0.3, 0.4) is 0 Å². The molecule has 0 bridgehead atoms. The van der Waals surface area contributed by atoms with Crippen molar-refractivity contribution in [2.45, 2.75) is 64.1 Å². The summed E-state index contributed by atoms with van der Waals surface area (Å²) in [5.41, 5.74) is 2.12. The van der Waals surface area contributed by atoms with Crippen molar-refractivity contribution in [3.8, 4) is 5.75 Å². The van der Waals surface area contributed by atoms with E-state index in [0.29, 0.717) is 22.3 Å². The number of carbonyl (C=O) groups excluding carboxylic acids is 2. The zero-order valence-corrected chi connectivity index (χ0v) is 26.5. The number of sulfonamides is 1. The number of nitrogens with one attached hydrogen (secondary N) is 1. The third kappa shape index (κ3) is 8.10. The average Bonchev–Trinajstić information content (AvgIpc) is 2.96. The minimum absolute atomic E-state index is 0.00489. The summed E-state index contributed by atoms with van der Waals surface area (Å²) >= 11 is 3.37. The van der Waals surface area contributed by atoms with Crippen LogP contribution in [0.15, 0.2) is 82.2 Å². The first-order chi connectivity index (χ1) is 19.5. The van der Waals surface area contributed by atoms with Crippen molar-refractivity contribution in [1.29, 1.82) is 0 Å². The summed E-state index contributed by atoms with van der Waals surface area (Å²) in [6, 6.07) is 19.9. The summed E-state index contributed by atoms with van der Waals surface area (Å²) in [7, 11) is -2.70. The van der Waals surface area contributed by atoms with Crippen LogP contribution in [-0.4, -0.2) is 50.9 Å². The van der Waals surface area contributed by atoms with Crippen LogP contribution in [0.25, 0.3) is 0 Å². The molecular weight excluding hydrogens is 606 g/mol. The molecule has 0 unspecified atom stereocenters. The molecular formula is C31H38BrN3O5S. The monoisotopic (exact) mass is 643 g/mol. The van der Waals surface area contributed by atoms with Crippen molar-refractivity contribution in [3.63, 3.8) is 0 Å². The Morgan fingerprint density at radius 1 is 0.976 bits per heavy atom. The zero-order chi connectivity index (χ0) is 30.2. The molecule has 2 atom stereocenters. The molecule has 8 nitrogen and oxygen atoms in total. The van der Waals surface area contributed by atoms with Gasteiger partial charge in [0.1, 0.15) is 18.3 Å². The van der Waals surface area contributed by atoms with Gasteiger partial charge in [-0.3, -0.25) is 13.9 Å². The second-order valence-corrected chi connectivity index (χ2v) is 12.6. The Kier molecular flexibility index (Phi) is 11.4. The molecule has 3 rings (SSSR count).